The first-order valence-corrected chi connectivity index (χ1v) is 7.87. The third-order valence-electron chi connectivity index (χ3n) is 3.71. The number of carbonyl (C=O) groups is 1. The Labute approximate surface area is 148 Å². The normalized spacial score (nSPS) is 12.5. The van der Waals surface area contributed by atoms with Crippen LogP contribution in [0.2, 0.25) is 0 Å². The van der Waals surface area contributed by atoms with Gasteiger partial charge in [0.15, 0.2) is 17.3 Å². The second-order valence-electron chi connectivity index (χ2n) is 5.38. The lowest BCUT2D eigenvalue weighted by atomic mass is 10.1. The molecule has 0 saturated heterocycles. The largest absolute Gasteiger partial charge is 0.493 e. The van der Waals surface area contributed by atoms with E-state index in [1.807, 2.05) is 6.07 Å². The van der Waals surface area contributed by atoms with Crippen LogP contribution in [0.5, 0.6) is 17.2 Å². The fourth-order valence-corrected chi connectivity index (χ4v) is 2.51. The Kier molecular flexibility index (Phi) is 4.10. The number of hydrogen-bond acceptors (Lipinski definition) is 7. The highest BCUT2D eigenvalue weighted by atomic mass is 16.6. The van der Waals surface area contributed by atoms with Crippen molar-refractivity contribution >= 4 is 11.9 Å². The monoisotopic (exact) mass is 353 g/mol. The maximum atomic E-state index is 12.5. The topological polar surface area (TPSA) is 111 Å². The number of nitrogens with one attached hydrogen (secondary N) is 2. The average molecular weight is 353 g/mol. The fraction of sp³-hybridized carbons (Fsp3) is 0.176. The summed E-state index contributed by atoms with van der Waals surface area (Å²) in [6.07, 6.45) is 1.65. The number of hydrogen-bond donors (Lipinski definition) is 2. The summed E-state index contributed by atoms with van der Waals surface area (Å²) < 4.78 is 16.4. The molecule has 2 N–H and O–H groups in total. The number of anilines is 1. The highest BCUT2D eigenvalue weighted by Crippen LogP contribution is 2.40. The Morgan fingerprint density at radius 3 is 2.96 bits per heavy atom. The number of carbonyl (C=O) groups excluding carboxylic acids is 1. The van der Waals surface area contributed by atoms with Crippen molar-refractivity contribution in [1.29, 1.82) is 0 Å². The lowest BCUT2D eigenvalue weighted by molar-refractivity contribution is 0.102. The van der Waals surface area contributed by atoms with Gasteiger partial charge >= 0.3 is 0 Å². The maximum absolute atomic E-state index is 12.5. The number of rotatable bonds is 4. The van der Waals surface area contributed by atoms with E-state index < -0.39 is 5.91 Å². The van der Waals surface area contributed by atoms with E-state index in [2.05, 4.69) is 25.5 Å². The molecular formula is C17H15N5O4. The summed E-state index contributed by atoms with van der Waals surface area (Å²) >= 11 is 0. The van der Waals surface area contributed by atoms with Gasteiger partial charge in [0.25, 0.3) is 5.91 Å². The number of amides is 1. The molecule has 132 valence electrons. The number of pyridine rings is 1. The van der Waals surface area contributed by atoms with Crippen molar-refractivity contribution in [2.24, 2.45) is 0 Å². The Balaban J connectivity index is 1.56. The molecule has 0 unspecified atom stereocenters. The molecule has 1 amide bonds. The summed E-state index contributed by atoms with van der Waals surface area (Å²) in [4.78, 5) is 20.9. The summed E-state index contributed by atoms with van der Waals surface area (Å²) in [7, 11) is 1.50. The predicted molar refractivity (Wildman–Crippen MR) is 91.6 cm³/mol. The molecule has 0 spiro atoms. The quantitative estimate of drug-likeness (QED) is 0.737. The van der Waals surface area contributed by atoms with Crippen LogP contribution in [0.15, 0.2) is 36.5 Å². The molecule has 3 heterocycles. The van der Waals surface area contributed by atoms with Crippen molar-refractivity contribution in [2.75, 3.05) is 25.6 Å². The molecule has 0 atom stereocenters. The molecule has 9 heteroatoms. The van der Waals surface area contributed by atoms with Gasteiger partial charge in [-0.05, 0) is 24.3 Å². The number of fused-ring (bicyclic) bond motifs is 1. The minimum Gasteiger partial charge on any atom is -0.493 e. The molecule has 26 heavy (non-hydrogen) atoms. The van der Waals surface area contributed by atoms with Crippen molar-refractivity contribution in [2.45, 2.75) is 0 Å². The van der Waals surface area contributed by atoms with Crippen molar-refractivity contribution in [3.05, 3.63) is 42.1 Å². The highest BCUT2D eigenvalue weighted by Gasteiger charge is 2.21. The molecule has 0 aliphatic carbocycles. The van der Waals surface area contributed by atoms with Gasteiger partial charge in [0, 0.05) is 11.8 Å². The molecule has 0 saturated carbocycles. The van der Waals surface area contributed by atoms with Gasteiger partial charge in [0.2, 0.25) is 11.7 Å². The van der Waals surface area contributed by atoms with Crippen molar-refractivity contribution in [3.63, 3.8) is 0 Å². The third kappa shape index (κ3) is 3.02. The van der Waals surface area contributed by atoms with Gasteiger partial charge in [-0.25, -0.2) is 0 Å². The van der Waals surface area contributed by atoms with E-state index in [0.717, 1.165) is 0 Å². The van der Waals surface area contributed by atoms with Gasteiger partial charge in [-0.1, -0.05) is 6.07 Å². The smallest absolute Gasteiger partial charge is 0.258 e. The van der Waals surface area contributed by atoms with Crippen LogP contribution in [-0.2, 0) is 0 Å². The van der Waals surface area contributed by atoms with Gasteiger partial charge in [0.05, 0.1) is 7.11 Å². The predicted octanol–water partition coefficient (Wildman–Crippen LogP) is 1.90. The standard InChI is InChI=1S/C17H15N5O4/c1-24-12-8-10(9-13-14(12)26-7-6-25-13)16(23)20-17-19-15(21-22-17)11-4-2-3-5-18-11/h2-5,8-9H,6-7H2,1H3,(H2,19,20,21,22,23). The van der Waals surface area contributed by atoms with Crippen LogP contribution in [0.25, 0.3) is 11.5 Å². The Morgan fingerprint density at radius 2 is 2.15 bits per heavy atom. The van der Waals surface area contributed by atoms with Gasteiger partial charge in [-0.2, -0.15) is 4.98 Å². The lowest BCUT2D eigenvalue weighted by Gasteiger charge is -2.21. The first-order valence-electron chi connectivity index (χ1n) is 7.87. The number of methoxy groups -OCH3 is 1. The molecule has 1 aliphatic heterocycles. The van der Waals surface area contributed by atoms with Crippen molar-refractivity contribution < 1.29 is 19.0 Å². The summed E-state index contributed by atoms with van der Waals surface area (Å²) in [5, 5.41) is 9.37. The van der Waals surface area contributed by atoms with Gasteiger partial charge in [0.1, 0.15) is 18.9 Å². The van der Waals surface area contributed by atoms with E-state index in [1.165, 1.54) is 7.11 Å². The molecule has 0 bridgehead atoms. The second-order valence-corrected chi connectivity index (χ2v) is 5.38. The fourth-order valence-electron chi connectivity index (χ4n) is 2.51. The zero-order valence-electron chi connectivity index (χ0n) is 13.9. The van der Waals surface area contributed by atoms with E-state index in [9.17, 15) is 4.79 Å². The summed E-state index contributed by atoms with van der Waals surface area (Å²) in [5.74, 6) is 1.59. The van der Waals surface area contributed by atoms with Crippen LogP contribution in [-0.4, -0.2) is 46.4 Å². The Morgan fingerprint density at radius 1 is 1.27 bits per heavy atom. The zero-order chi connectivity index (χ0) is 17.9. The average Bonchev–Trinajstić information content (AvgIpc) is 3.16. The summed E-state index contributed by atoms with van der Waals surface area (Å²) in [6, 6.07) is 8.61. The van der Waals surface area contributed by atoms with Gasteiger partial charge in [-0.15, -0.1) is 5.10 Å². The van der Waals surface area contributed by atoms with E-state index in [4.69, 9.17) is 14.2 Å². The van der Waals surface area contributed by atoms with Crippen molar-refractivity contribution in [1.82, 2.24) is 20.2 Å². The molecule has 2 aromatic heterocycles. The van der Waals surface area contributed by atoms with Crippen LogP contribution in [0.1, 0.15) is 10.4 Å². The van der Waals surface area contributed by atoms with Crippen LogP contribution in [0, 0.1) is 0 Å². The molecule has 3 aromatic rings. The molecule has 4 rings (SSSR count). The molecule has 1 aromatic carbocycles. The number of H-pyrrole nitrogens is 1. The number of nitrogens with zero attached hydrogens (tertiary/aromatic N) is 3. The van der Waals surface area contributed by atoms with Crippen LogP contribution < -0.4 is 19.5 Å². The minimum absolute atomic E-state index is 0.143. The van der Waals surface area contributed by atoms with Crippen LogP contribution >= 0.6 is 0 Å². The Hall–Kier alpha value is -3.62. The zero-order valence-corrected chi connectivity index (χ0v) is 13.9. The number of aromatic nitrogens is 4. The van der Waals surface area contributed by atoms with Gasteiger partial charge in [-0.3, -0.25) is 20.2 Å². The summed E-state index contributed by atoms with van der Waals surface area (Å²) in [6.45, 7) is 0.845. The van der Waals surface area contributed by atoms with Crippen molar-refractivity contribution in [3.8, 4) is 28.8 Å². The molecular weight excluding hydrogens is 338 g/mol. The van der Waals surface area contributed by atoms with Crippen LogP contribution in [0.3, 0.4) is 0 Å². The van der Waals surface area contributed by atoms with Gasteiger partial charge < -0.3 is 14.2 Å². The second kappa shape index (κ2) is 6.71. The van der Waals surface area contributed by atoms with E-state index >= 15 is 0 Å². The highest BCUT2D eigenvalue weighted by molar-refractivity contribution is 6.04. The van der Waals surface area contributed by atoms with E-state index in [0.29, 0.717) is 47.5 Å². The van der Waals surface area contributed by atoms with Crippen LogP contribution in [0.4, 0.5) is 5.95 Å². The number of benzene rings is 1. The Bertz CT molecular complexity index is 924. The van der Waals surface area contributed by atoms with E-state index in [1.54, 1.807) is 30.5 Å². The third-order valence-corrected chi connectivity index (χ3v) is 3.71. The number of ether oxygens (including phenoxy) is 3. The summed E-state index contributed by atoms with van der Waals surface area (Å²) in [5.41, 5.74) is 0.969. The maximum Gasteiger partial charge on any atom is 0.258 e. The van der Waals surface area contributed by atoms with E-state index in [-0.39, 0.29) is 5.95 Å². The minimum atomic E-state index is -0.396. The number of aromatic amines is 1. The molecule has 0 radical (unpaired) electrons. The molecule has 0 fully saturated rings. The lowest BCUT2D eigenvalue weighted by Crippen LogP contribution is -2.18. The molecule has 1 aliphatic rings. The first-order chi connectivity index (χ1) is 12.7. The molecule has 9 nitrogen and oxygen atoms in total. The SMILES string of the molecule is COc1cc(C(=O)Nc2n[nH]c(-c3ccccn3)n2)cc2c1OCCO2. The first kappa shape index (κ1) is 15.9.